The second kappa shape index (κ2) is 8.51. The molecule has 0 radical (unpaired) electrons. The van der Waals surface area contributed by atoms with E-state index in [1.54, 1.807) is 5.38 Å². The van der Waals surface area contributed by atoms with Crippen molar-refractivity contribution in [3.05, 3.63) is 46.4 Å². The zero-order chi connectivity index (χ0) is 15.8. The number of hydrogen-bond donors (Lipinski definition) is 2. The van der Waals surface area contributed by atoms with Crippen molar-refractivity contribution in [1.29, 1.82) is 0 Å². The molecule has 0 unspecified atom stereocenters. The quantitative estimate of drug-likeness (QED) is 0.729. The van der Waals surface area contributed by atoms with Crippen LogP contribution < -0.4 is 16.0 Å². The Labute approximate surface area is 135 Å². The number of carbonyl (C=O) groups excluding carboxylic acids is 1. The van der Waals surface area contributed by atoms with E-state index in [2.05, 4.69) is 34.4 Å². The molecule has 0 aliphatic rings. The van der Waals surface area contributed by atoms with Crippen LogP contribution in [0.2, 0.25) is 0 Å². The number of thiazole rings is 1. The number of hydrogen-bond acceptors (Lipinski definition) is 5. The molecule has 0 saturated heterocycles. The lowest BCUT2D eigenvalue weighted by Gasteiger charge is -2.19. The van der Waals surface area contributed by atoms with E-state index in [0.717, 1.165) is 24.4 Å². The van der Waals surface area contributed by atoms with Crippen LogP contribution in [0.4, 0.5) is 5.69 Å². The molecule has 0 atom stereocenters. The van der Waals surface area contributed by atoms with Gasteiger partial charge in [-0.05, 0) is 25.1 Å². The Bertz CT molecular complexity index is 585. The molecule has 3 N–H and O–H groups in total. The summed E-state index contributed by atoms with van der Waals surface area (Å²) in [5, 5.41) is 5.61. The standard InChI is InChI=1S/C16H22N4OS/c1-20(13-6-3-2-4-7-13)11-5-10-18-16(21)14-12-22-15(19-14)8-9-17/h2-4,6-7,12H,5,8-11,17H2,1H3,(H,18,21). The SMILES string of the molecule is CN(CCCNC(=O)c1csc(CCN)n1)c1ccccc1. The lowest BCUT2D eigenvalue weighted by atomic mass is 10.3. The number of rotatable bonds is 8. The summed E-state index contributed by atoms with van der Waals surface area (Å²) in [7, 11) is 2.05. The van der Waals surface area contributed by atoms with Gasteiger partial charge in [0.2, 0.25) is 0 Å². The molecular formula is C16H22N4OS. The van der Waals surface area contributed by atoms with Crippen LogP contribution in [0.15, 0.2) is 35.7 Å². The minimum Gasteiger partial charge on any atom is -0.375 e. The van der Waals surface area contributed by atoms with Crippen molar-refractivity contribution in [2.24, 2.45) is 5.73 Å². The van der Waals surface area contributed by atoms with Crippen molar-refractivity contribution in [2.45, 2.75) is 12.8 Å². The van der Waals surface area contributed by atoms with Crippen LogP contribution in [0.25, 0.3) is 0 Å². The first kappa shape index (κ1) is 16.5. The molecule has 0 spiro atoms. The summed E-state index contributed by atoms with van der Waals surface area (Å²) in [5.41, 5.74) is 7.15. The van der Waals surface area contributed by atoms with Crippen molar-refractivity contribution in [3.8, 4) is 0 Å². The first-order chi connectivity index (χ1) is 10.7. The Kier molecular flexibility index (Phi) is 6.36. The molecule has 2 rings (SSSR count). The maximum atomic E-state index is 12.0. The predicted molar refractivity (Wildman–Crippen MR) is 91.5 cm³/mol. The van der Waals surface area contributed by atoms with E-state index in [1.807, 2.05) is 18.2 Å². The highest BCUT2D eigenvalue weighted by Gasteiger charge is 2.09. The normalized spacial score (nSPS) is 10.5. The van der Waals surface area contributed by atoms with Gasteiger partial charge in [0.25, 0.3) is 5.91 Å². The van der Waals surface area contributed by atoms with Crippen molar-refractivity contribution >= 4 is 22.9 Å². The van der Waals surface area contributed by atoms with Gasteiger partial charge in [0.15, 0.2) is 0 Å². The molecule has 118 valence electrons. The van der Waals surface area contributed by atoms with Crippen molar-refractivity contribution in [1.82, 2.24) is 10.3 Å². The Hall–Kier alpha value is -1.92. The number of aromatic nitrogens is 1. The number of para-hydroxylation sites is 1. The number of nitrogens with two attached hydrogens (primary N) is 1. The van der Waals surface area contributed by atoms with Crippen molar-refractivity contribution < 1.29 is 4.79 Å². The number of nitrogens with one attached hydrogen (secondary N) is 1. The van der Waals surface area contributed by atoms with Crippen molar-refractivity contribution in [3.63, 3.8) is 0 Å². The molecule has 1 amide bonds. The summed E-state index contributed by atoms with van der Waals surface area (Å²) in [6.45, 7) is 2.08. The third-order valence-corrected chi connectivity index (χ3v) is 4.20. The van der Waals surface area contributed by atoms with Gasteiger partial charge < -0.3 is 16.0 Å². The molecule has 1 aromatic carbocycles. The van der Waals surface area contributed by atoms with Gasteiger partial charge in [-0.3, -0.25) is 4.79 Å². The molecule has 22 heavy (non-hydrogen) atoms. The zero-order valence-electron chi connectivity index (χ0n) is 12.8. The molecule has 6 heteroatoms. The second-order valence-electron chi connectivity index (χ2n) is 5.03. The largest absolute Gasteiger partial charge is 0.375 e. The maximum absolute atomic E-state index is 12.0. The average Bonchev–Trinajstić information content (AvgIpc) is 3.01. The smallest absolute Gasteiger partial charge is 0.270 e. The van der Waals surface area contributed by atoms with E-state index in [9.17, 15) is 4.79 Å². The van der Waals surface area contributed by atoms with Gasteiger partial charge in [0.1, 0.15) is 5.69 Å². The molecule has 1 heterocycles. The van der Waals surface area contributed by atoms with Crippen LogP contribution >= 0.6 is 11.3 Å². The van der Waals surface area contributed by atoms with Gasteiger partial charge in [-0.25, -0.2) is 4.98 Å². The molecular weight excluding hydrogens is 296 g/mol. The third kappa shape index (κ3) is 4.82. The topological polar surface area (TPSA) is 71.2 Å². The van der Waals surface area contributed by atoms with E-state index in [0.29, 0.717) is 18.8 Å². The summed E-state index contributed by atoms with van der Waals surface area (Å²) in [5.74, 6) is -0.109. The highest BCUT2D eigenvalue weighted by molar-refractivity contribution is 7.09. The fourth-order valence-electron chi connectivity index (χ4n) is 2.07. The lowest BCUT2D eigenvalue weighted by molar-refractivity contribution is 0.0949. The summed E-state index contributed by atoms with van der Waals surface area (Å²) in [6.07, 6.45) is 1.61. The fourth-order valence-corrected chi connectivity index (χ4v) is 2.87. The van der Waals surface area contributed by atoms with Gasteiger partial charge in [-0.15, -0.1) is 11.3 Å². The monoisotopic (exact) mass is 318 g/mol. The zero-order valence-corrected chi connectivity index (χ0v) is 13.6. The van der Waals surface area contributed by atoms with Crippen LogP contribution in [-0.2, 0) is 6.42 Å². The Morgan fingerprint density at radius 3 is 2.86 bits per heavy atom. The Balaban J connectivity index is 1.70. The van der Waals surface area contributed by atoms with Gasteiger partial charge in [-0.2, -0.15) is 0 Å². The molecule has 1 aromatic heterocycles. The van der Waals surface area contributed by atoms with Crippen LogP contribution in [-0.4, -0.2) is 37.6 Å². The summed E-state index contributed by atoms with van der Waals surface area (Å²) in [4.78, 5) is 18.4. The average molecular weight is 318 g/mol. The third-order valence-electron chi connectivity index (χ3n) is 3.30. The highest BCUT2D eigenvalue weighted by Crippen LogP contribution is 2.11. The number of carbonyl (C=O) groups is 1. The molecule has 0 bridgehead atoms. The van der Waals surface area contributed by atoms with E-state index < -0.39 is 0 Å². The lowest BCUT2D eigenvalue weighted by Crippen LogP contribution is -2.28. The van der Waals surface area contributed by atoms with E-state index in [4.69, 9.17) is 5.73 Å². The van der Waals surface area contributed by atoms with E-state index >= 15 is 0 Å². The number of nitrogens with zero attached hydrogens (tertiary/aromatic N) is 2. The van der Waals surface area contributed by atoms with E-state index in [-0.39, 0.29) is 5.91 Å². The summed E-state index contributed by atoms with van der Waals surface area (Å²) >= 11 is 1.48. The maximum Gasteiger partial charge on any atom is 0.270 e. The minimum atomic E-state index is -0.109. The van der Waals surface area contributed by atoms with Crippen LogP contribution in [0.5, 0.6) is 0 Å². The Morgan fingerprint density at radius 2 is 2.14 bits per heavy atom. The molecule has 5 nitrogen and oxygen atoms in total. The first-order valence-electron chi connectivity index (χ1n) is 7.39. The Morgan fingerprint density at radius 1 is 1.36 bits per heavy atom. The van der Waals surface area contributed by atoms with Gasteiger partial charge in [0.05, 0.1) is 5.01 Å². The molecule has 2 aromatic rings. The van der Waals surface area contributed by atoms with Crippen LogP contribution in [0, 0.1) is 0 Å². The number of anilines is 1. The molecule has 0 saturated carbocycles. The van der Waals surface area contributed by atoms with Gasteiger partial charge in [0, 0.05) is 37.6 Å². The molecule has 0 aliphatic carbocycles. The second-order valence-corrected chi connectivity index (χ2v) is 5.97. The van der Waals surface area contributed by atoms with Gasteiger partial charge in [-0.1, -0.05) is 18.2 Å². The highest BCUT2D eigenvalue weighted by atomic mass is 32.1. The fraction of sp³-hybridized carbons (Fsp3) is 0.375. The van der Waals surface area contributed by atoms with Crippen LogP contribution in [0.1, 0.15) is 21.9 Å². The molecule has 0 fully saturated rings. The van der Waals surface area contributed by atoms with Crippen molar-refractivity contribution in [2.75, 3.05) is 31.6 Å². The van der Waals surface area contributed by atoms with Crippen LogP contribution in [0.3, 0.4) is 0 Å². The predicted octanol–water partition coefficient (Wildman–Crippen LogP) is 1.90. The first-order valence-corrected chi connectivity index (χ1v) is 8.27. The van der Waals surface area contributed by atoms with Gasteiger partial charge >= 0.3 is 0 Å². The minimum absolute atomic E-state index is 0.109. The number of benzene rings is 1. The summed E-state index contributed by atoms with van der Waals surface area (Å²) in [6, 6.07) is 10.2. The number of amides is 1. The summed E-state index contributed by atoms with van der Waals surface area (Å²) < 4.78 is 0. The van der Waals surface area contributed by atoms with E-state index in [1.165, 1.54) is 17.0 Å². The molecule has 0 aliphatic heterocycles.